The first-order chi connectivity index (χ1) is 28.5. The number of nitrogens with zero attached hydrogens (tertiary/aromatic N) is 2. The fourth-order valence-corrected chi connectivity index (χ4v) is 8.97. The van der Waals surface area contributed by atoms with E-state index in [1.165, 1.54) is 46.5 Å². The molecule has 0 amide bonds. The maximum atomic E-state index is 14.1. The maximum Gasteiger partial charge on any atom is 0.227 e. The summed E-state index contributed by atoms with van der Waals surface area (Å²) >= 11 is 0. The summed E-state index contributed by atoms with van der Waals surface area (Å²) in [6, 6.07) is 55.1. The van der Waals surface area contributed by atoms with Gasteiger partial charge < -0.3 is 13.6 Å². The van der Waals surface area contributed by atoms with Crippen LogP contribution in [0.4, 0.5) is 8.78 Å². The molecule has 7 heteroatoms. The first-order valence-electron chi connectivity index (χ1n) is 19.0. The zero-order chi connectivity index (χ0) is 38.5. The molecule has 0 radical (unpaired) electrons. The number of halogens is 2. The predicted octanol–water partition coefficient (Wildman–Crippen LogP) is 13.4. The van der Waals surface area contributed by atoms with Gasteiger partial charge in [-0.25, -0.2) is 18.7 Å². The minimum Gasteiger partial charge on any atom is -0.457 e. The molecule has 2 aromatic heterocycles. The molecule has 12 rings (SSSR count). The van der Waals surface area contributed by atoms with Gasteiger partial charge in [-0.15, -0.1) is 0 Å². The Kier molecular flexibility index (Phi) is 6.84. The van der Waals surface area contributed by atoms with Gasteiger partial charge in [0.1, 0.15) is 34.2 Å². The van der Waals surface area contributed by atoms with Crippen LogP contribution in [0.2, 0.25) is 0 Å². The van der Waals surface area contributed by atoms with Gasteiger partial charge in [0, 0.05) is 34.4 Å². The molecule has 1 aliphatic heterocycles. The summed E-state index contributed by atoms with van der Waals surface area (Å²) < 4.78 is 46.9. The first-order valence-corrected chi connectivity index (χ1v) is 19.0. The molecule has 3 heterocycles. The van der Waals surface area contributed by atoms with Crippen molar-refractivity contribution in [2.45, 2.75) is 5.41 Å². The van der Waals surface area contributed by atoms with E-state index in [0.29, 0.717) is 45.1 Å². The Bertz CT molecular complexity index is 3170. The number of rotatable bonds is 4. The Labute approximate surface area is 330 Å². The predicted molar refractivity (Wildman–Crippen MR) is 221 cm³/mol. The van der Waals surface area contributed by atoms with Crippen LogP contribution in [0.15, 0.2) is 179 Å². The first kappa shape index (κ1) is 32.6. The van der Waals surface area contributed by atoms with E-state index < -0.39 is 17.0 Å². The van der Waals surface area contributed by atoms with E-state index in [0.717, 1.165) is 44.9 Å². The summed E-state index contributed by atoms with van der Waals surface area (Å²) in [6.45, 7) is 0. The zero-order valence-corrected chi connectivity index (χ0v) is 30.5. The van der Waals surface area contributed by atoms with Crippen LogP contribution in [0.1, 0.15) is 22.3 Å². The van der Waals surface area contributed by atoms with Crippen LogP contribution >= 0.6 is 0 Å². The molecule has 0 atom stereocenters. The molecule has 0 N–H and O–H groups in total. The second-order valence-electron chi connectivity index (χ2n) is 14.8. The summed E-state index contributed by atoms with van der Waals surface area (Å²) in [6.07, 6.45) is 0. The Morgan fingerprint density at radius 1 is 0.379 bits per heavy atom. The van der Waals surface area contributed by atoms with Gasteiger partial charge in [0.25, 0.3) is 0 Å². The molecule has 2 aliphatic rings. The van der Waals surface area contributed by atoms with Gasteiger partial charge in [-0.05, 0) is 105 Å². The standard InChI is InChI=1S/C51H28F2N2O3/c52-35-18-21-43-47(27-35)57-49(54-43)33-23-32(24-34(25-33)50-55-44-22-19-36(53)28-48(44)58-50)30-15-13-29(14-16-30)31-17-20-38-37-7-1-2-8-39(37)51(42(38)26-31)40-9-3-5-11-45(40)56-46-12-6-4-10-41(46)51/h1-28H. The molecule has 5 nitrogen and oxygen atoms in total. The number of benzene rings is 8. The van der Waals surface area contributed by atoms with Gasteiger partial charge in [0.15, 0.2) is 11.2 Å². The van der Waals surface area contributed by atoms with E-state index in [4.69, 9.17) is 13.6 Å². The highest BCUT2D eigenvalue weighted by Gasteiger charge is 2.51. The van der Waals surface area contributed by atoms with Crippen LogP contribution in [0.25, 0.3) is 78.5 Å². The lowest BCUT2D eigenvalue weighted by Crippen LogP contribution is -2.32. The van der Waals surface area contributed by atoms with Crippen molar-refractivity contribution in [3.05, 3.63) is 204 Å². The zero-order valence-electron chi connectivity index (χ0n) is 30.5. The lowest BCUT2D eigenvalue weighted by molar-refractivity contribution is 0.436. The minimum absolute atomic E-state index is 0.326. The highest BCUT2D eigenvalue weighted by Crippen LogP contribution is 2.62. The number of aromatic nitrogens is 2. The summed E-state index contributed by atoms with van der Waals surface area (Å²) in [5.41, 5.74) is 13.6. The third-order valence-electron chi connectivity index (χ3n) is 11.5. The average molecular weight is 755 g/mol. The average Bonchev–Trinajstić information content (AvgIpc) is 3.97. The third kappa shape index (κ3) is 4.80. The van der Waals surface area contributed by atoms with E-state index in [1.807, 2.05) is 30.3 Å². The molecular formula is C51H28F2N2O3. The number of ether oxygens (including phenoxy) is 1. The molecule has 1 spiro atoms. The number of hydrogen-bond acceptors (Lipinski definition) is 5. The van der Waals surface area contributed by atoms with Crippen molar-refractivity contribution in [1.82, 2.24) is 9.97 Å². The van der Waals surface area contributed by atoms with Crippen molar-refractivity contribution in [3.63, 3.8) is 0 Å². The Hall–Kier alpha value is -7.64. The largest absolute Gasteiger partial charge is 0.457 e. The van der Waals surface area contributed by atoms with E-state index in [-0.39, 0.29) is 0 Å². The highest BCUT2D eigenvalue weighted by atomic mass is 19.1. The number of fused-ring (bicyclic) bond motifs is 11. The monoisotopic (exact) mass is 754 g/mol. The Balaban J connectivity index is 0.989. The number of hydrogen-bond donors (Lipinski definition) is 0. The van der Waals surface area contributed by atoms with E-state index >= 15 is 0 Å². The van der Waals surface area contributed by atoms with Gasteiger partial charge >= 0.3 is 0 Å². The van der Waals surface area contributed by atoms with Gasteiger partial charge in [-0.2, -0.15) is 0 Å². The normalized spacial score (nSPS) is 13.3. The van der Waals surface area contributed by atoms with Crippen LogP contribution in [0, 0.1) is 11.6 Å². The van der Waals surface area contributed by atoms with E-state index in [9.17, 15) is 8.78 Å². The van der Waals surface area contributed by atoms with Crippen molar-refractivity contribution < 1.29 is 22.4 Å². The van der Waals surface area contributed by atoms with Crippen molar-refractivity contribution in [2.75, 3.05) is 0 Å². The number of oxazole rings is 2. The molecule has 8 aromatic carbocycles. The fourth-order valence-electron chi connectivity index (χ4n) is 8.97. The topological polar surface area (TPSA) is 61.3 Å². The van der Waals surface area contributed by atoms with Gasteiger partial charge in [-0.3, -0.25) is 0 Å². The molecule has 0 bridgehead atoms. The smallest absolute Gasteiger partial charge is 0.227 e. The Morgan fingerprint density at radius 3 is 1.47 bits per heavy atom. The minimum atomic E-state index is -0.558. The van der Waals surface area contributed by atoms with Gasteiger partial charge in [0.05, 0.1) is 5.41 Å². The summed E-state index contributed by atoms with van der Waals surface area (Å²) in [4.78, 5) is 9.34. The van der Waals surface area contributed by atoms with Crippen LogP contribution in [-0.2, 0) is 5.41 Å². The third-order valence-corrected chi connectivity index (χ3v) is 11.5. The Morgan fingerprint density at radius 2 is 0.862 bits per heavy atom. The fraction of sp³-hybridized carbons (Fsp3) is 0.0196. The summed E-state index contributed by atoms with van der Waals surface area (Å²) in [5, 5.41) is 0. The molecule has 10 aromatic rings. The van der Waals surface area contributed by atoms with Crippen molar-refractivity contribution in [3.8, 4) is 67.8 Å². The SMILES string of the molecule is Fc1ccc2nc(-c3cc(-c4ccc(-c5ccc6c(c5)C5(c7ccccc7Oc7ccccc75)c5ccccc5-6)cc4)cc(-c4nc5ccc(F)cc5o4)c3)oc2c1. The lowest BCUT2D eigenvalue weighted by Gasteiger charge is -2.39. The molecular weight excluding hydrogens is 727 g/mol. The molecule has 58 heavy (non-hydrogen) atoms. The molecule has 0 saturated heterocycles. The maximum absolute atomic E-state index is 14.1. The van der Waals surface area contributed by atoms with Gasteiger partial charge in [0.2, 0.25) is 11.8 Å². The molecule has 274 valence electrons. The second-order valence-corrected chi connectivity index (χ2v) is 14.8. The lowest BCUT2D eigenvalue weighted by atomic mass is 9.66. The quantitative estimate of drug-likeness (QED) is 0.179. The molecule has 1 aliphatic carbocycles. The van der Waals surface area contributed by atoms with E-state index in [1.54, 1.807) is 12.1 Å². The number of para-hydroxylation sites is 2. The highest BCUT2D eigenvalue weighted by molar-refractivity contribution is 5.91. The second kappa shape index (κ2) is 12.2. The molecule has 0 saturated carbocycles. The van der Waals surface area contributed by atoms with Crippen LogP contribution in [0.3, 0.4) is 0 Å². The van der Waals surface area contributed by atoms with Crippen LogP contribution < -0.4 is 4.74 Å². The molecule has 0 unspecified atom stereocenters. The van der Waals surface area contributed by atoms with E-state index in [2.05, 4.69) is 113 Å². The van der Waals surface area contributed by atoms with Crippen molar-refractivity contribution in [2.24, 2.45) is 0 Å². The van der Waals surface area contributed by atoms with Gasteiger partial charge in [-0.1, -0.05) is 97.1 Å². The summed E-state index contributed by atoms with van der Waals surface area (Å²) in [7, 11) is 0. The summed E-state index contributed by atoms with van der Waals surface area (Å²) in [5.74, 6) is 1.55. The van der Waals surface area contributed by atoms with Crippen molar-refractivity contribution in [1.29, 1.82) is 0 Å². The molecule has 0 fully saturated rings. The van der Waals surface area contributed by atoms with Crippen LogP contribution in [0.5, 0.6) is 11.5 Å². The van der Waals surface area contributed by atoms with Crippen molar-refractivity contribution >= 4 is 22.2 Å². The van der Waals surface area contributed by atoms with Crippen LogP contribution in [-0.4, -0.2) is 9.97 Å².